The molecule has 0 aromatic carbocycles. The van der Waals surface area contributed by atoms with Gasteiger partial charge in [0.25, 0.3) is 0 Å². The molecule has 0 aromatic heterocycles. The first kappa shape index (κ1) is 13.9. The summed E-state index contributed by atoms with van der Waals surface area (Å²) in [4.78, 5) is 13.5. The Hall–Kier alpha value is -0.0800. The molecule has 1 heterocycles. The first-order valence-electron chi connectivity index (χ1n) is 5.57. The SMILES string of the molecule is CCC(=O)CCCN1CCCCC1.Cl. The lowest BCUT2D eigenvalue weighted by molar-refractivity contribution is -0.118. The van der Waals surface area contributed by atoms with Crippen LogP contribution in [0.5, 0.6) is 0 Å². The maximum Gasteiger partial charge on any atom is 0.132 e. The van der Waals surface area contributed by atoms with Crippen LogP contribution in [0, 0.1) is 0 Å². The fourth-order valence-electron chi connectivity index (χ4n) is 1.86. The van der Waals surface area contributed by atoms with Gasteiger partial charge in [-0.15, -0.1) is 12.4 Å². The molecule has 84 valence electrons. The van der Waals surface area contributed by atoms with Gasteiger partial charge in [-0.1, -0.05) is 13.3 Å². The molecule has 0 bridgehead atoms. The molecule has 1 saturated heterocycles. The largest absolute Gasteiger partial charge is 0.303 e. The van der Waals surface area contributed by atoms with Crippen molar-refractivity contribution in [3.05, 3.63) is 0 Å². The van der Waals surface area contributed by atoms with Crippen molar-refractivity contribution in [3.63, 3.8) is 0 Å². The molecule has 3 heteroatoms. The summed E-state index contributed by atoms with van der Waals surface area (Å²) in [6.45, 7) is 5.58. The Bertz CT molecular complexity index is 155. The number of carbonyl (C=O) groups excluding carboxylic acids is 1. The zero-order valence-electron chi connectivity index (χ0n) is 9.13. The minimum Gasteiger partial charge on any atom is -0.303 e. The van der Waals surface area contributed by atoms with E-state index in [1.807, 2.05) is 6.92 Å². The topological polar surface area (TPSA) is 20.3 Å². The summed E-state index contributed by atoms with van der Waals surface area (Å²) < 4.78 is 0. The molecule has 0 atom stereocenters. The lowest BCUT2D eigenvalue weighted by Gasteiger charge is -2.26. The zero-order valence-corrected chi connectivity index (χ0v) is 9.94. The van der Waals surface area contributed by atoms with Crippen molar-refractivity contribution in [3.8, 4) is 0 Å². The number of piperidine rings is 1. The highest BCUT2D eigenvalue weighted by Crippen LogP contribution is 2.09. The summed E-state index contributed by atoms with van der Waals surface area (Å²) in [7, 11) is 0. The van der Waals surface area contributed by atoms with Crippen LogP contribution in [0.3, 0.4) is 0 Å². The number of hydrogen-bond acceptors (Lipinski definition) is 2. The smallest absolute Gasteiger partial charge is 0.132 e. The van der Waals surface area contributed by atoms with Crippen molar-refractivity contribution in [1.29, 1.82) is 0 Å². The van der Waals surface area contributed by atoms with Gasteiger partial charge in [0.1, 0.15) is 5.78 Å². The Morgan fingerprint density at radius 3 is 2.43 bits per heavy atom. The van der Waals surface area contributed by atoms with E-state index < -0.39 is 0 Å². The van der Waals surface area contributed by atoms with E-state index in [0.717, 1.165) is 19.4 Å². The number of hydrogen-bond donors (Lipinski definition) is 0. The van der Waals surface area contributed by atoms with Crippen LogP contribution >= 0.6 is 12.4 Å². The average molecular weight is 220 g/mol. The summed E-state index contributed by atoms with van der Waals surface area (Å²) >= 11 is 0. The molecular weight excluding hydrogens is 198 g/mol. The number of carbonyl (C=O) groups is 1. The maximum absolute atomic E-state index is 11.0. The molecule has 1 fully saturated rings. The van der Waals surface area contributed by atoms with Gasteiger partial charge in [0.2, 0.25) is 0 Å². The third-order valence-electron chi connectivity index (χ3n) is 2.77. The Kier molecular flexibility index (Phi) is 8.20. The van der Waals surface area contributed by atoms with Crippen LogP contribution in [-0.4, -0.2) is 30.3 Å². The van der Waals surface area contributed by atoms with Gasteiger partial charge >= 0.3 is 0 Å². The molecule has 0 radical (unpaired) electrons. The highest BCUT2D eigenvalue weighted by atomic mass is 35.5. The number of Topliss-reactive ketones (excluding diaryl/α,β-unsaturated/α-hetero) is 1. The lowest BCUT2D eigenvalue weighted by atomic mass is 10.1. The van der Waals surface area contributed by atoms with Gasteiger partial charge < -0.3 is 4.90 Å². The summed E-state index contributed by atoms with van der Waals surface area (Å²) in [5.74, 6) is 0.414. The maximum atomic E-state index is 11.0. The van der Waals surface area contributed by atoms with Gasteiger partial charge in [0.15, 0.2) is 0 Å². The fraction of sp³-hybridized carbons (Fsp3) is 0.909. The van der Waals surface area contributed by atoms with Crippen molar-refractivity contribution in [1.82, 2.24) is 4.90 Å². The van der Waals surface area contributed by atoms with Crippen molar-refractivity contribution in [2.24, 2.45) is 0 Å². The quantitative estimate of drug-likeness (QED) is 0.709. The van der Waals surface area contributed by atoms with E-state index in [1.165, 1.54) is 32.4 Å². The van der Waals surface area contributed by atoms with E-state index in [-0.39, 0.29) is 12.4 Å². The van der Waals surface area contributed by atoms with Crippen molar-refractivity contribution < 1.29 is 4.79 Å². The number of nitrogens with zero attached hydrogens (tertiary/aromatic N) is 1. The van der Waals surface area contributed by atoms with E-state index in [4.69, 9.17) is 0 Å². The van der Waals surface area contributed by atoms with Crippen molar-refractivity contribution >= 4 is 18.2 Å². The third-order valence-corrected chi connectivity index (χ3v) is 2.77. The van der Waals surface area contributed by atoms with Crippen LogP contribution in [0.1, 0.15) is 45.4 Å². The predicted molar refractivity (Wildman–Crippen MR) is 62.1 cm³/mol. The van der Waals surface area contributed by atoms with Crippen molar-refractivity contribution in [2.75, 3.05) is 19.6 Å². The second-order valence-electron chi connectivity index (χ2n) is 3.90. The van der Waals surface area contributed by atoms with Crippen LogP contribution in [0.4, 0.5) is 0 Å². The van der Waals surface area contributed by atoms with E-state index >= 15 is 0 Å². The minimum absolute atomic E-state index is 0. The number of likely N-dealkylation sites (tertiary alicyclic amines) is 1. The summed E-state index contributed by atoms with van der Waals surface area (Å²) in [5, 5.41) is 0. The summed E-state index contributed by atoms with van der Waals surface area (Å²) in [6, 6.07) is 0. The molecule has 1 rings (SSSR count). The molecule has 0 unspecified atom stereocenters. The van der Waals surface area contributed by atoms with Gasteiger partial charge in [-0.3, -0.25) is 4.79 Å². The van der Waals surface area contributed by atoms with Gasteiger partial charge in [0, 0.05) is 12.8 Å². The van der Waals surface area contributed by atoms with E-state index in [1.54, 1.807) is 0 Å². The average Bonchev–Trinajstić information content (AvgIpc) is 2.19. The Morgan fingerprint density at radius 1 is 1.21 bits per heavy atom. The monoisotopic (exact) mass is 219 g/mol. The Labute approximate surface area is 93.5 Å². The van der Waals surface area contributed by atoms with Gasteiger partial charge in [-0.2, -0.15) is 0 Å². The van der Waals surface area contributed by atoms with E-state index in [9.17, 15) is 4.79 Å². The summed E-state index contributed by atoms with van der Waals surface area (Å²) in [5.41, 5.74) is 0. The van der Waals surface area contributed by atoms with Gasteiger partial charge in [0.05, 0.1) is 0 Å². The minimum atomic E-state index is 0. The fourth-order valence-corrected chi connectivity index (χ4v) is 1.86. The Balaban J connectivity index is 0.00000169. The highest BCUT2D eigenvalue weighted by molar-refractivity contribution is 5.85. The van der Waals surface area contributed by atoms with Gasteiger partial charge in [-0.25, -0.2) is 0 Å². The van der Waals surface area contributed by atoms with Crippen LogP contribution in [0.15, 0.2) is 0 Å². The molecule has 0 aromatic rings. The van der Waals surface area contributed by atoms with Gasteiger partial charge in [-0.05, 0) is 38.9 Å². The van der Waals surface area contributed by atoms with Crippen LogP contribution in [-0.2, 0) is 4.79 Å². The van der Waals surface area contributed by atoms with Crippen LogP contribution < -0.4 is 0 Å². The first-order valence-corrected chi connectivity index (χ1v) is 5.57. The van der Waals surface area contributed by atoms with Crippen LogP contribution in [0.25, 0.3) is 0 Å². The summed E-state index contributed by atoms with van der Waals surface area (Å²) in [6.07, 6.45) is 6.65. The number of rotatable bonds is 5. The van der Waals surface area contributed by atoms with Crippen LogP contribution in [0.2, 0.25) is 0 Å². The second kappa shape index (κ2) is 8.25. The third kappa shape index (κ3) is 5.61. The first-order chi connectivity index (χ1) is 6.33. The lowest BCUT2D eigenvalue weighted by Crippen LogP contribution is -2.30. The number of ketones is 1. The molecule has 0 N–H and O–H groups in total. The molecule has 1 aliphatic rings. The molecule has 0 amide bonds. The molecule has 1 aliphatic heterocycles. The molecular formula is C11H22ClNO. The highest BCUT2D eigenvalue weighted by Gasteiger charge is 2.09. The molecule has 14 heavy (non-hydrogen) atoms. The zero-order chi connectivity index (χ0) is 9.52. The normalized spacial score (nSPS) is 17.5. The number of halogens is 1. The van der Waals surface area contributed by atoms with E-state index in [2.05, 4.69) is 4.90 Å². The molecule has 0 aliphatic carbocycles. The molecule has 0 saturated carbocycles. The molecule has 0 spiro atoms. The Morgan fingerprint density at radius 2 is 1.86 bits per heavy atom. The second-order valence-corrected chi connectivity index (χ2v) is 3.90. The van der Waals surface area contributed by atoms with Crippen molar-refractivity contribution in [2.45, 2.75) is 45.4 Å². The molecule has 2 nitrogen and oxygen atoms in total. The van der Waals surface area contributed by atoms with E-state index in [0.29, 0.717) is 12.2 Å². The predicted octanol–water partition coefficient (Wildman–Crippen LogP) is 2.65. The standard InChI is InChI=1S/C11H21NO.ClH/c1-2-11(13)7-6-10-12-8-4-3-5-9-12;/h2-10H2,1H3;1H.